The molecule has 0 aromatic carbocycles. The number of hydrogen-bond donors (Lipinski definition) is 0. The van der Waals surface area contributed by atoms with Crippen LogP contribution in [0.4, 0.5) is 5.82 Å². The largest absolute Gasteiger partial charge is 0.355 e. The molecule has 18 heavy (non-hydrogen) atoms. The molecule has 0 amide bonds. The van der Waals surface area contributed by atoms with Crippen LogP contribution in [0.2, 0.25) is 5.15 Å². The van der Waals surface area contributed by atoms with Crippen LogP contribution in [0.1, 0.15) is 32.1 Å². The normalized spacial score (nSPS) is 28.0. The van der Waals surface area contributed by atoms with Gasteiger partial charge in [0.05, 0.1) is 4.47 Å². The van der Waals surface area contributed by atoms with Gasteiger partial charge in [-0.2, -0.15) is 0 Å². The summed E-state index contributed by atoms with van der Waals surface area (Å²) in [5.41, 5.74) is 0. The van der Waals surface area contributed by atoms with Crippen molar-refractivity contribution in [1.29, 1.82) is 0 Å². The highest BCUT2D eigenvalue weighted by Crippen LogP contribution is 2.39. The summed E-state index contributed by atoms with van der Waals surface area (Å²) in [6.45, 7) is 2.21. The molecule has 3 rings (SSSR count). The maximum absolute atomic E-state index is 6.05. The Bertz CT molecular complexity index is 440. The predicted octanol–water partition coefficient (Wildman–Crippen LogP) is 3.91. The van der Waals surface area contributed by atoms with E-state index >= 15 is 0 Å². The highest BCUT2D eigenvalue weighted by Gasteiger charge is 2.32. The lowest BCUT2D eigenvalue weighted by Crippen LogP contribution is -2.42. The smallest absolute Gasteiger partial charge is 0.148 e. The van der Waals surface area contributed by atoms with E-state index in [0.717, 1.165) is 35.2 Å². The van der Waals surface area contributed by atoms with E-state index in [9.17, 15) is 0 Å². The summed E-state index contributed by atoms with van der Waals surface area (Å²) >= 11 is 9.55. The lowest BCUT2D eigenvalue weighted by molar-refractivity contribution is 0.202. The molecule has 1 aliphatic heterocycles. The lowest BCUT2D eigenvalue weighted by atomic mass is 9.75. The van der Waals surface area contributed by atoms with Crippen molar-refractivity contribution >= 4 is 33.3 Å². The maximum atomic E-state index is 6.05. The van der Waals surface area contributed by atoms with Crippen molar-refractivity contribution in [3.8, 4) is 0 Å². The van der Waals surface area contributed by atoms with E-state index in [1.807, 2.05) is 0 Å². The van der Waals surface area contributed by atoms with E-state index in [1.165, 1.54) is 32.1 Å². The molecule has 2 fully saturated rings. The third-order valence-corrected chi connectivity index (χ3v) is 5.56. The van der Waals surface area contributed by atoms with Gasteiger partial charge in [0.2, 0.25) is 0 Å². The van der Waals surface area contributed by atoms with Gasteiger partial charge in [0, 0.05) is 13.1 Å². The Labute approximate surface area is 121 Å². The zero-order chi connectivity index (χ0) is 12.5. The van der Waals surface area contributed by atoms with Crippen molar-refractivity contribution in [2.24, 2.45) is 11.8 Å². The van der Waals surface area contributed by atoms with Crippen LogP contribution in [0.3, 0.4) is 0 Å². The number of nitrogens with zero attached hydrogens (tertiary/aromatic N) is 3. The van der Waals surface area contributed by atoms with Crippen molar-refractivity contribution in [3.05, 3.63) is 16.0 Å². The van der Waals surface area contributed by atoms with Crippen LogP contribution >= 0.6 is 27.5 Å². The van der Waals surface area contributed by atoms with Gasteiger partial charge in [-0.3, -0.25) is 0 Å². The van der Waals surface area contributed by atoms with Crippen LogP contribution in [0.25, 0.3) is 0 Å². The lowest BCUT2D eigenvalue weighted by Gasteiger charge is -2.42. The van der Waals surface area contributed by atoms with Crippen molar-refractivity contribution in [3.63, 3.8) is 0 Å². The molecule has 1 aromatic rings. The summed E-state index contributed by atoms with van der Waals surface area (Å²) in [5.74, 6) is 2.73. The van der Waals surface area contributed by atoms with Gasteiger partial charge in [-0.05, 0) is 40.6 Å². The molecule has 3 nitrogen and oxygen atoms in total. The second kappa shape index (κ2) is 5.33. The number of hydrogen-bond acceptors (Lipinski definition) is 3. The summed E-state index contributed by atoms with van der Waals surface area (Å²) < 4.78 is 0.834. The molecule has 0 spiro atoms. The van der Waals surface area contributed by atoms with Gasteiger partial charge in [-0.1, -0.05) is 30.9 Å². The Kier molecular flexibility index (Phi) is 3.76. The van der Waals surface area contributed by atoms with Crippen LogP contribution < -0.4 is 4.90 Å². The molecule has 0 radical (unpaired) electrons. The molecule has 1 saturated carbocycles. The molecule has 2 heterocycles. The molecule has 0 N–H and O–H groups in total. The van der Waals surface area contributed by atoms with Crippen molar-refractivity contribution in [2.45, 2.75) is 32.1 Å². The molecule has 1 saturated heterocycles. The summed E-state index contributed by atoms with van der Waals surface area (Å²) in [4.78, 5) is 10.7. The molecule has 98 valence electrons. The molecule has 0 bridgehead atoms. The van der Waals surface area contributed by atoms with E-state index in [4.69, 9.17) is 11.6 Å². The number of aromatic nitrogens is 2. The maximum Gasteiger partial charge on any atom is 0.148 e. The van der Waals surface area contributed by atoms with E-state index in [0.29, 0.717) is 5.15 Å². The number of fused-ring (bicyclic) bond motifs is 1. The zero-order valence-corrected chi connectivity index (χ0v) is 12.6. The summed E-state index contributed by atoms with van der Waals surface area (Å²) in [6.07, 6.45) is 8.45. The third kappa shape index (κ3) is 2.37. The van der Waals surface area contributed by atoms with E-state index in [-0.39, 0.29) is 0 Å². The predicted molar refractivity (Wildman–Crippen MR) is 77.0 cm³/mol. The Morgan fingerprint density at radius 1 is 1.17 bits per heavy atom. The van der Waals surface area contributed by atoms with E-state index in [2.05, 4.69) is 30.8 Å². The minimum Gasteiger partial charge on any atom is -0.355 e. The first kappa shape index (κ1) is 12.7. The highest BCUT2D eigenvalue weighted by atomic mass is 79.9. The Hall–Kier alpha value is -0.350. The fourth-order valence-corrected chi connectivity index (χ4v) is 3.94. The van der Waals surface area contributed by atoms with Gasteiger partial charge in [0.1, 0.15) is 17.3 Å². The van der Waals surface area contributed by atoms with Crippen LogP contribution in [0.5, 0.6) is 0 Å². The number of anilines is 1. The van der Waals surface area contributed by atoms with Gasteiger partial charge in [0.15, 0.2) is 0 Å². The van der Waals surface area contributed by atoms with Crippen molar-refractivity contribution in [2.75, 3.05) is 18.0 Å². The second-order valence-electron chi connectivity index (χ2n) is 5.34. The van der Waals surface area contributed by atoms with Crippen LogP contribution in [-0.2, 0) is 0 Å². The fraction of sp³-hybridized carbons (Fsp3) is 0.692. The molecule has 2 aliphatic rings. The molecule has 1 aromatic heterocycles. The minimum absolute atomic E-state index is 0.505. The highest BCUT2D eigenvalue weighted by molar-refractivity contribution is 9.10. The summed E-state index contributed by atoms with van der Waals surface area (Å²) in [5, 5.41) is 0.505. The minimum atomic E-state index is 0.505. The first-order valence-electron chi connectivity index (χ1n) is 6.66. The molecular weight excluding hydrogens is 314 g/mol. The van der Waals surface area contributed by atoms with E-state index in [1.54, 1.807) is 6.33 Å². The van der Waals surface area contributed by atoms with Crippen LogP contribution in [0.15, 0.2) is 10.8 Å². The topological polar surface area (TPSA) is 29.0 Å². The van der Waals surface area contributed by atoms with Gasteiger partial charge >= 0.3 is 0 Å². The Morgan fingerprint density at radius 3 is 2.78 bits per heavy atom. The molecule has 1 aliphatic carbocycles. The average Bonchev–Trinajstić information content (AvgIpc) is 2.41. The van der Waals surface area contributed by atoms with Gasteiger partial charge in [-0.15, -0.1) is 0 Å². The quantitative estimate of drug-likeness (QED) is 0.731. The zero-order valence-electron chi connectivity index (χ0n) is 10.3. The number of piperidine rings is 1. The number of halogens is 2. The Balaban J connectivity index is 1.79. The average molecular weight is 331 g/mol. The van der Waals surface area contributed by atoms with E-state index < -0.39 is 0 Å². The van der Waals surface area contributed by atoms with Crippen molar-refractivity contribution < 1.29 is 0 Å². The molecule has 5 heteroatoms. The van der Waals surface area contributed by atoms with Crippen molar-refractivity contribution in [1.82, 2.24) is 9.97 Å². The fourth-order valence-electron chi connectivity index (χ4n) is 3.35. The second-order valence-corrected chi connectivity index (χ2v) is 6.49. The SMILES string of the molecule is Clc1ncnc(N2CCC3CCCCC3C2)c1Br. The summed E-state index contributed by atoms with van der Waals surface area (Å²) in [7, 11) is 0. The van der Waals surface area contributed by atoms with Gasteiger partial charge < -0.3 is 4.90 Å². The van der Waals surface area contributed by atoms with Crippen LogP contribution in [-0.4, -0.2) is 23.1 Å². The Morgan fingerprint density at radius 2 is 1.94 bits per heavy atom. The first-order chi connectivity index (χ1) is 8.75. The standard InChI is InChI=1S/C13H17BrClN3/c14-11-12(15)16-8-17-13(11)18-6-5-9-3-1-2-4-10(9)7-18/h8-10H,1-7H2. The van der Waals surface area contributed by atoms with Gasteiger partial charge in [0.25, 0.3) is 0 Å². The first-order valence-corrected chi connectivity index (χ1v) is 7.83. The summed E-state index contributed by atoms with van der Waals surface area (Å²) in [6, 6.07) is 0. The monoisotopic (exact) mass is 329 g/mol. The molecule has 2 unspecified atom stereocenters. The number of rotatable bonds is 1. The molecule has 2 atom stereocenters. The van der Waals surface area contributed by atoms with Crippen LogP contribution in [0, 0.1) is 11.8 Å². The molecular formula is C13H17BrClN3. The third-order valence-electron chi connectivity index (χ3n) is 4.32. The van der Waals surface area contributed by atoms with Gasteiger partial charge in [-0.25, -0.2) is 9.97 Å².